The summed E-state index contributed by atoms with van der Waals surface area (Å²) in [6.45, 7) is 4.33. The Kier molecular flexibility index (Phi) is 12.4. The number of hydrogen-bond donors (Lipinski definition) is 0. The Labute approximate surface area is 270 Å². The summed E-state index contributed by atoms with van der Waals surface area (Å²) in [4.78, 5) is 0. The highest BCUT2D eigenvalue weighted by Crippen LogP contribution is 2.44. The lowest BCUT2D eigenvalue weighted by atomic mass is 9.68. The average Bonchev–Trinajstić information content (AvgIpc) is 3.07. The van der Waals surface area contributed by atoms with E-state index in [-0.39, 0.29) is 11.4 Å². The van der Waals surface area contributed by atoms with Crippen LogP contribution >= 0.6 is 0 Å². The van der Waals surface area contributed by atoms with Crippen LogP contribution in [0, 0.1) is 35.2 Å². The van der Waals surface area contributed by atoms with Crippen molar-refractivity contribution < 1.29 is 13.2 Å². The normalized spacial score (nSPS) is 22.2. The third-order valence-corrected chi connectivity index (χ3v) is 10.9. The molecule has 0 nitrogen and oxygen atoms in total. The molecule has 3 aromatic rings. The van der Waals surface area contributed by atoms with Gasteiger partial charge in [-0.2, -0.15) is 0 Å². The number of allylic oxidation sites excluding steroid dienone is 2. The fourth-order valence-corrected chi connectivity index (χ4v) is 8.13. The summed E-state index contributed by atoms with van der Waals surface area (Å²) < 4.78 is 45.5. The standard InChI is InChI=1S/C42H53F3/c1-3-5-6-7-8-9-10-12-36-25-28-39(42(45)41(36)44)35-23-21-34(22-24-35)38-27-26-37(29-40(38)43)33-19-17-32(18-20-33)31-15-13-30(11-4-2)14-16-31/h4,11,21-33H,3,5-10,12-20H2,1-2H3. The number of aryl methyl sites for hydroxylation is 1. The maximum Gasteiger partial charge on any atom is 0.166 e. The number of benzene rings is 3. The van der Waals surface area contributed by atoms with Crippen molar-refractivity contribution in [2.45, 2.75) is 122 Å². The summed E-state index contributed by atoms with van der Waals surface area (Å²) in [5.74, 6) is 1.15. The van der Waals surface area contributed by atoms with Crippen LogP contribution in [0.1, 0.15) is 127 Å². The lowest BCUT2D eigenvalue weighted by molar-refractivity contribution is 0.171. The predicted molar refractivity (Wildman–Crippen MR) is 184 cm³/mol. The Morgan fingerprint density at radius 2 is 1.20 bits per heavy atom. The minimum Gasteiger partial charge on any atom is -0.206 e. The first kappa shape index (κ1) is 33.6. The molecule has 0 aromatic heterocycles. The van der Waals surface area contributed by atoms with E-state index in [1.165, 1.54) is 64.2 Å². The summed E-state index contributed by atoms with van der Waals surface area (Å²) in [5.41, 5.74) is 3.70. The Morgan fingerprint density at radius 3 is 1.82 bits per heavy atom. The van der Waals surface area contributed by atoms with Gasteiger partial charge in [0.25, 0.3) is 0 Å². The van der Waals surface area contributed by atoms with Gasteiger partial charge in [0.05, 0.1) is 0 Å². The van der Waals surface area contributed by atoms with Crippen molar-refractivity contribution in [1.82, 2.24) is 0 Å². The van der Waals surface area contributed by atoms with E-state index in [0.29, 0.717) is 29.0 Å². The van der Waals surface area contributed by atoms with E-state index in [1.807, 2.05) is 18.2 Å². The van der Waals surface area contributed by atoms with Crippen molar-refractivity contribution >= 4 is 0 Å². The molecule has 0 amide bonds. The molecular weight excluding hydrogens is 561 g/mol. The molecule has 0 N–H and O–H groups in total. The third kappa shape index (κ3) is 8.72. The maximum absolute atomic E-state index is 15.4. The van der Waals surface area contributed by atoms with Crippen LogP contribution in [0.2, 0.25) is 0 Å². The Morgan fingerprint density at radius 1 is 0.622 bits per heavy atom. The van der Waals surface area contributed by atoms with E-state index in [9.17, 15) is 4.39 Å². The zero-order valence-corrected chi connectivity index (χ0v) is 27.6. The molecule has 0 bridgehead atoms. The van der Waals surface area contributed by atoms with E-state index < -0.39 is 11.6 Å². The molecule has 0 unspecified atom stereocenters. The fraction of sp³-hybridized carbons (Fsp3) is 0.524. The second kappa shape index (κ2) is 16.7. The molecule has 3 aromatic carbocycles. The monoisotopic (exact) mass is 614 g/mol. The molecule has 0 atom stereocenters. The zero-order valence-electron chi connectivity index (χ0n) is 27.6. The first-order valence-electron chi connectivity index (χ1n) is 18.0. The summed E-state index contributed by atoms with van der Waals surface area (Å²) in [6.07, 6.45) is 23.4. The van der Waals surface area contributed by atoms with Crippen LogP contribution in [0.4, 0.5) is 13.2 Å². The van der Waals surface area contributed by atoms with Gasteiger partial charge in [-0.05, 0) is 123 Å². The molecule has 0 saturated heterocycles. The summed E-state index contributed by atoms with van der Waals surface area (Å²) in [7, 11) is 0. The number of hydrogen-bond acceptors (Lipinski definition) is 0. The second-order valence-electron chi connectivity index (χ2n) is 13.9. The van der Waals surface area contributed by atoms with Crippen LogP contribution in [-0.4, -0.2) is 0 Å². The number of rotatable bonds is 13. The summed E-state index contributed by atoms with van der Waals surface area (Å²) >= 11 is 0. The lowest BCUT2D eigenvalue weighted by Gasteiger charge is -2.37. The molecule has 2 fully saturated rings. The molecule has 0 heterocycles. The first-order chi connectivity index (χ1) is 22.0. The maximum atomic E-state index is 15.4. The van der Waals surface area contributed by atoms with E-state index in [0.717, 1.165) is 61.0 Å². The largest absolute Gasteiger partial charge is 0.206 e. The van der Waals surface area contributed by atoms with E-state index >= 15 is 8.78 Å². The minimum atomic E-state index is -0.797. The lowest BCUT2D eigenvalue weighted by Crippen LogP contribution is -2.25. The quantitative estimate of drug-likeness (QED) is 0.133. The highest BCUT2D eigenvalue weighted by atomic mass is 19.2. The van der Waals surface area contributed by atoms with Crippen molar-refractivity contribution in [2.24, 2.45) is 17.8 Å². The molecule has 2 saturated carbocycles. The van der Waals surface area contributed by atoms with Gasteiger partial charge in [-0.3, -0.25) is 0 Å². The molecule has 45 heavy (non-hydrogen) atoms. The smallest absolute Gasteiger partial charge is 0.166 e. The highest BCUT2D eigenvalue weighted by molar-refractivity contribution is 5.71. The van der Waals surface area contributed by atoms with Gasteiger partial charge < -0.3 is 0 Å². The van der Waals surface area contributed by atoms with Gasteiger partial charge in [-0.25, -0.2) is 13.2 Å². The van der Waals surface area contributed by atoms with Gasteiger partial charge in [0.1, 0.15) is 5.82 Å². The zero-order chi connectivity index (χ0) is 31.6. The van der Waals surface area contributed by atoms with Crippen LogP contribution in [0.5, 0.6) is 0 Å². The molecular formula is C42H53F3. The first-order valence-corrected chi connectivity index (χ1v) is 18.0. The van der Waals surface area contributed by atoms with Crippen molar-refractivity contribution in [3.63, 3.8) is 0 Å². The highest BCUT2D eigenvalue weighted by Gasteiger charge is 2.31. The molecule has 3 heteroatoms. The Balaban J connectivity index is 1.15. The van der Waals surface area contributed by atoms with Crippen molar-refractivity contribution in [1.29, 1.82) is 0 Å². The average molecular weight is 615 g/mol. The fourth-order valence-electron chi connectivity index (χ4n) is 8.13. The van der Waals surface area contributed by atoms with Crippen LogP contribution in [0.25, 0.3) is 22.3 Å². The third-order valence-electron chi connectivity index (χ3n) is 10.9. The van der Waals surface area contributed by atoms with Crippen LogP contribution in [-0.2, 0) is 6.42 Å². The molecule has 2 aliphatic rings. The molecule has 0 aliphatic heterocycles. The van der Waals surface area contributed by atoms with Gasteiger partial charge in [0.2, 0.25) is 0 Å². The number of halogens is 3. The molecule has 242 valence electrons. The van der Waals surface area contributed by atoms with Gasteiger partial charge >= 0.3 is 0 Å². The van der Waals surface area contributed by atoms with Gasteiger partial charge in [0.15, 0.2) is 11.6 Å². The molecule has 2 aliphatic carbocycles. The van der Waals surface area contributed by atoms with Gasteiger partial charge in [-0.1, -0.05) is 106 Å². The van der Waals surface area contributed by atoms with Gasteiger partial charge in [-0.15, -0.1) is 0 Å². The van der Waals surface area contributed by atoms with Crippen molar-refractivity contribution in [3.8, 4) is 22.3 Å². The second-order valence-corrected chi connectivity index (χ2v) is 13.9. The molecule has 0 radical (unpaired) electrons. The van der Waals surface area contributed by atoms with Crippen molar-refractivity contribution in [2.75, 3.05) is 0 Å². The summed E-state index contributed by atoms with van der Waals surface area (Å²) in [6, 6.07) is 16.3. The molecule has 5 rings (SSSR count). The van der Waals surface area contributed by atoms with Crippen LogP contribution in [0.15, 0.2) is 66.7 Å². The Hall–Kier alpha value is -2.81. The van der Waals surface area contributed by atoms with E-state index in [1.54, 1.807) is 30.3 Å². The molecule has 0 spiro atoms. The summed E-state index contributed by atoms with van der Waals surface area (Å²) in [5, 5.41) is 0. The minimum absolute atomic E-state index is 0.211. The van der Waals surface area contributed by atoms with Gasteiger partial charge in [0, 0.05) is 11.1 Å². The Bertz CT molecular complexity index is 1370. The van der Waals surface area contributed by atoms with E-state index in [2.05, 4.69) is 32.1 Å². The topological polar surface area (TPSA) is 0 Å². The number of unbranched alkanes of at least 4 members (excludes halogenated alkanes) is 6. The van der Waals surface area contributed by atoms with E-state index in [4.69, 9.17) is 0 Å². The van der Waals surface area contributed by atoms with Crippen molar-refractivity contribution in [3.05, 3.63) is 95.3 Å². The predicted octanol–water partition coefficient (Wildman–Crippen LogP) is 13.4. The van der Waals surface area contributed by atoms with Crippen LogP contribution in [0.3, 0.4) is 0 Å². The SMILES string of the molecule is CC=CC1CCC(C2CCC(c3ccc(-c4ccc(-c5ccc(CCCCCCCCC)c(F)c5F)cc4)c(F)c3)CC2)CC1. The van der Waals surface area contributed by atoms with Crippen LogP contribution < -0.4 is 0 Å².